The molecule has 266 valence electrons. The molecule has 1 amide bonds. The van der Waals surface area contributed by atoms with Crippen LogP contribution in [-0.2, 0) is 33.8 Å². The van der Waals surface area contributed by atoms with Crippen LogP contribution in [0.3, 0.4) is 0 Å². The highest BCUT2D eigenvalue weighted by Crippen LogP contribution is 2.30. The van der Waals surface area contributed by atoms with Crippen LogP contribution in [0.5, 0.6) is 11.5 Å². The zero-order valence-electron chi connectivity index (χ0n) is 27.6. The zero-order valence-corrected chi connectivity index (χ0v) is 28.4. The summed E-state index contributed by atoms with van der Waals surface area (Å²) in [6.45, 7) is -2.72. The van der Waals surface area contributed by atoms with Crippen molar-refractivity contribution in [3.8, 4) is 22.6 Å². The first-order chi connectivity index (χ1) is 24.2. The molecular weight excluding hydrogens is 668 g/mol. The van der Waals surface area contributed by atoms with Gasteiger partial charge >= 0.3 is 18.6 Å². The van der Waals surface area contributed by atoms with Gasteiger partial charge in [0.05, 0.1) is 19.8 Å². The van der Waals surface area contributed by atoms with Crippen LogP contribution in [0.1, 0.15) is 72.0 Å². The average molecular weight is 710 g/mol. The Labute approximate surface area is 294 Å². The largest absolute Gasteiger partial charge is 0.494 e. The van der Waals surface area contributed by atoms with Gasteiger partial charge in [0, 0.05) is 18.4 Å². The summed E-state index contributed by atoms with van der Waals surface area (Å²) in [7, 11) is 0. The summed E-state index contributed by atoms with van der Waals surface area (Å²) in [5.74, 6) is -1.48. The molecule has 0 saturated heterocycles. The maximum Gasteiger partial charge on any atom is 0.365 e. The fourth-order valence-electron chi connectivity index (χ4n) is 5.41. The molecule has 9 nitrogen and oxygen atoms in total. The first kappa shape index (κ1) is 38.0. The number of hydroxylamine groups is 2. The number of carbonyl (C=O) groups excluding carboxylic acids is 1. The number of unbranched alkanes of at least 4 members (excludes halogenated alkanes) is 3. The van der Waals surface area contributed by atoms with E-state index in [-0.39, 0.29) is 31.6 Å². The second-order valence-corrected chi connectivity index (χ2v) is 12.4. The molecular formula is C38H41F2NO8S. The molecule has 50 heavy (non-hydrogen) atoms. The number of nitrogens with zero attached hydrogens (tertiary/aromatic N) is 1. The van der Waals surface area contributed by atoms with E-state index in [1.165, 1.54) is 11.3 Å². The molecule has 0 fully saturated rings. The molecule has 0 aliphatic heterocycles. The van der Waals surface area contributed by atoms with Gasteiger partial charge in [-0.1, -0.05) is 55.3 Å². The van der Waals surface area contributed by atoms with Crippen LogP contribution >= 0.6 is 11.3 Å². The minimum absolute atomic E-state index is 0.00317. The van der Waals surface area contributed by atoms with Gasteiger partial charge in [-0.3, -0.25) is 14.4 Å². The number of benzene rings is 3. The van der Waals surface area contributed by atoms with E-state index in [1.807, 2.05) is 35.0 Å². The van der Waals surface area contributed by atoms with Crippen LogP contribution in [0, 0.1) is 0 Å². The molecule has 0 radical (unpaired) electrons. The third-order valence-electron chi connectivity index (χ3n) is 7.83. The van der Waals surface area contributed by atoms with E-state index < -0.39 is 24.5 Å². The highest BCUT2D eigenvalue weighted by Gasteiger charge is 2.23. The van der Waals surface area contributed by atoms with E-state index in [9.17, 15) is 28.3 Å². The topological polar surface area (TPSA) is 123 Å². The third-order valence-corrected chi connectivity index (χ3v) is 8.51. The zero-order chi connectivity index (χ0) is 35.7. The lowest BCUT2D eigenvalue weighted by Gasteiger charge is -2.22. The number of halogens is 2. The van der Waals surface area contributed by atoms with E-state index in [1.54, 1.807) is 48.5 Å². The molecule has 0 aliphatic carbocycles. The number of alkyl halides is 2. The molecule has 4 rings (SSSR count). The summed E-state index contributed by atoms with van der Waals surface area (Å²) in [6, 6.07) is 21.3. The van der Waals surface area contributed by atoms with Crippen molar-refractivity contribution < 1.29 is 47.7 Å². The maximum atomic E-state index is 13.5. The monoisotopic (exact) mass is 709 g/mol. The molecule has 0 spiro atoms. The van der Waals surface area contributed by atoms with E-state index in [2.05, 4.69) is 4.84 Å². The van der Waals surface area contributed by atoms with Crippen molar-refractivity contribution in [1.82, 2.24) is 5.06 Å². The third kappa shape index (κ3) is 12.6. The Bertz CT molecular complexity index is 1670. The number of carboxylic acid groups (broad SMARTS) is 2. The lowest BCUT2D eigenvalue weighted by atomic mass is 9.97. The fraction of sp³-hybridized carbons (Fsp3) is 0.342. The van der Waals surface area contributed by atoms with Crippen LogP contribution < -0.4 is 9.47 Å². The SMILES string of the molecule is O=C(O)CCCOc1cccc(CCCCCCOc2cc(C(=O)N(Cc3ccccc3)OC(F)F)cc(-c3ccsc3)c2)c1CCC(=O)O. The molecule has 0 bridgehead atoms. The number of rotatable bonds is 22. The Morgan fingerprint density at radius 3 is 2.24 bits per heavy atom. The first-order valence-corrected chi connectivity index (χ1v) is 17.4. The van der Waals surface area contributed by atoms with Gasteiger partial charge in [0.25, 0.3) is 5.91 Å². The Balaban J connectivity index is 1.34. The van der Waals surface area contributed by atoms with Crippen LogP contribution in [0.25, 0.3) is 11.1 Å². The van der Waals surface area contributed by atoms with Crippen LogP contribution in [0.2, 0.25) is 0 Å². The molecule has 4 aromatic rings. The summed E-state index contributed by atoms with van der Waals surface area (Å²) >= 11 is 1.50. The summed E-state index contributed by atoms with van der Waals surface area (Å²) in [4.78, 5) is 40.2. The highest BCUT2D eigenvalue weighted by atomic mass is 32.1. The van der Waals surface area contributed by atoms with Crippen LogP contribution in [0.15, 0.2) is 83.6 Å². The number of aryl methyl sites for hydroxylation is 1. The van der Waals surface area contributed by atoms with Crippen LogP contribution in [-0.4, -0.2) is 52.9 Å². The quantitative estimate of drug-likeness (QED) is 0.0614. The molecule has 0 saturated carbocycles. The highest BCUT2D eigenvalue weighted by molar-refractivity contribution is 7.08. The van der Waals surface area contributed by atoms with Gasteiger partial charge in [-0.05, 0) is 101 Å². The number of amides is 1. The number of carboxylic acids is 2. The molecule has 0 atom stereocenters. The van der Waals surface area contributed by atoms with Crippen molar-refractivity contribution in [3.05, 3.63) is 106 Å². The Hall–Kier alpha value is -4.81. The van der Waals surface area contributed by atoms with E-state index in [0.29, 0.717) is 41.6 Å². The molecule has 0 aliphatic rings. The average Bonchev–Trinajstić information content (AvgIpc) is 3.64. The minimum atomic E-state index is -3.18. The lowest BCUT2D eigenvalue weighted by Crippen LogP contribution is -2.32. The Morgan fingerprint density at radius 2 is 1.52 bits per heavy atom. The first-order valence-electron chi connectivity index (χ1n) is 16.5. The van der Waals surface area contributed by atoms with E-state index in [0.717, 1.165) is 54.4 Å². The van der Waals surface area contributed by atoms with Gasteiger partial charge in [0.2, 0.25) is 0 Å². The second kappa shape index (κ2) is 20.0. The number of hydrogen-bond donors (Lipinski definition) is 2. The molecule has 3 aromatic carbocycles. The van der Waals surface area contributed by atoms with Gasteiger partial charge in [-0.15, -0.1) is 0 Å². The van der Waals surface area contributed by atoms with Crippen molar-refractivity contribution in [1.29, 1.82) is 0 Å². The molecule has 12 heteroatoms. The molecule has 1 heterocycles. The van der Waals surface area contributed by atoms with Crippen LogP contribution in [0.4, 0.5) is 8.78 Å². The number of hydrogen-bond acceptors (Lipinski definition) is 7. The van der Waals surface area contributed by atoms with Crippen molar-refractivity contribution >= 4 is 29.2 Å². The predicted octanol–water partition coefficient (Wildman–Crippen LogP) is 8.65. The number of ether oxygens (including phenoxy) is 2. The standard InChI is InChI=1S/C38H41F2NO8S/c39-38(40)49-41(25-27-10-4-3-5-11-27)37(46)31-22-30(29-18-21-50-26-29)23-32(24-31)47-19-7-2-1-6-12-28-13-8-14-34(33(28)16-17-36(44)45)48-20-9-15-35(42)43/h3-5,8,10-11,13-14,18,21-24,26,38H,1-2,6-7,9,12,15-17,19-20,25H2,(H,42,43)(H,44,45). The fourth-order valence-corrected chi connectivity index (χ4v) is 6.08. The van der Waals surface area contributed by atoms with Gasteiger partial charge in [0.15, 0.2) is 0 Å². The smallest absolute Gasteiger partial charge is 0.365 e. The summed E-state index contributed by atoms with van der Waals surface area (Å²) < 4.78 is 38.6. The number of carbonyl (C=O) groups is 3. The summed E-state index contributed by atoms with van der Waals surface area (Å²) in [5, 5.41) is 22.6. The molecule has 0 unspecified atom stereocenters. The van der Waals surface area contributed by atoms with Gasteiger partial charge in [0.1, 0.15) is 11.5 Å². The molecule has 2 N–H and O–H groups in total. The van der Waals surface area contributed by atoms with E-state index >= 15 is 0 Å². The predicted molar refractivity (Wildman–Crippen MR) is 186 cm³/mol. The number of aliphatic carboxylic acids is 2. The Kier molecular flexibility index (Phi) is 15.2. The minimum Gasteiger partial charge on any atom is -0.494 e. The molecule has 1 aromatic heterocycles. The van der Waals surface area contributed by atoms with Crippen molar-refractivity contribution in [2.24, 2.45) is 0 Å². The van der Waals surface area contributed by atoms with Crippen molar-refractivity contribution in [2.75, 3.05) is 13.2 Å². The van der Waals surface area contributed by atoms with Gasteiger partial charge in [-0.25, -0.2) is 9.90 Å². The van der Waals surface area contributed by atoms with E-state index in [4.69, 9.17) is 14.6 Å². The van der Waals surface area contributed by atoms with Crippen molar-refractivity contribution in [2.45, 2.75) is 70.9 Å². The normalized spacial score (nSPS) is 11.0. The summed E-state index contributed by atoms with van der Waals surface area (Å²) in [6.07, 6.45) is 4.71. The summed E-state index contributed by atoms with van der Waals surface area (Å²) in [5.41, 5.74) is 4.24. The lowest BCUT2D eigenvalue weighted by molar-refractivity contribution is -0.261. The van der Waals surface area contributed by atoms with Gasteiger partial charge < -0.3 is 19.7 Å². The van der Waals surface area contributed by atoms with Crippen molar-refractivity contribution in [3.63, 3.8) is 0 Å². The second-order valence-electron chi connectivity index (χ2n) is 11.6. The Morgan fingerprint density at radius 1 is 0.760 bits per heavy atom. The number of thiophene rings is 1. The maximum absolute atomic E-state index is 13.5. The van der Waals surface area contributed by atoms with Gasteiger partial charge in [-0.2, -0.15) is 20.1 Å².